The quantitative estimate of drug-likeness (QED) is 0.669. The van der Waals surface area contributed by atoms with Gasteiger partial charge < -0.3 is 15.4 Å². The summed E-state index contributed by atoms with van der Waals surface area (Å²) in [4.78, 5) is 28.1. The van der Waals surface area contributed by atoms with Crippen molar-refractivity contribution in [3.63, 3.8) is 0 Å². The Hall–Kier alpha value is -2.41. The van der Waals surface area contributed by atoms with E-state index >= 15 is 0 Å². The molecule has 4 rings (SSSR count). The zero-order valence-corrected chi connectivity index (χ0v) is 12.4. The Bertz CT molecular complexity index is 767. The number of aromatic nitrogens is 1. The number of anilines is 2. The molecule has 0 saturated heterocycles. The number of rotatable bonds is 4. The first-order valence-corrected chi connectivity index (χ1v) is 7.86. The summed E-state index contributed by atoms with van der Waals surface area (Å²) in [5.74, 6) is -0.0411. The Morgan fingerprint density at radius 2 is 2.27 bits per heavy atom. The third-order valence-electron chi connectivity index (χ3n) is 3.52. The average molecular weight is 315 g/mol. The van der Waals surface area contributed by atoms with Gasteiger partial charge in [0.15, 0.2) is 5.13 Å². The largest absolute Gasteiger partial charge is 0.422 e. The second kappa shape index (κ2) is 5.10. The minimum Gasteiger partial charge on any atom is -0.422 e. The van der Waals surface area contributed by atoms with Crippen LogP contribution in [0.4, 0.5) is 10.8 Å². The van der Waals surface area contributed by atoms with Crippen LogP contribution in [0.2, 0.25) is 0 Å². The molecule has 7 heteroatoms. The van der Waals surface area contributed by atoms with E-state index in [1.165, 1.54) is 17.5 Å². The summed E-state index contributed by atoms with van der Waals surface area (Å²) >= 11 is 1.29. The molecule has 1 aliphatic heterocycles. The maximum absolute atomic E-state index is 12.1. The first kappa shape index (κ1) is 13.3. The fraction of sp³-hybridized carbons (Fsp3) is 0.267. The van der Waals surface area contributed by atoms with Crippen molar-refractivity contribution in [1.82, 2.24) is 4.98 Å². The van der Waals surface area contributed by atoms with Gasteiger partial charge in [0.2, 0.25) is 5.91 Å². The van der Waals surface area contributed by atoms with Gasteiger partial charge in [0.05, 0.1) is 12.6 Å². The fourth-order valence-electron chi connectivity index (χ4n) is 2.26. The fourth-order valence-corrected chi connectivity index (χ4v) is 3.03. The van der Waals surface area contributed by atoms with Crippen LogP contribution in [0.3, 0.4) is 0 Å². The van der Waals surface area contributed by atoms with Gasteiger partial charge in [-0.25, -0.2) is 9.78 Å². The van der Waals surface area contributed by atoms with Crippen molar-refractivity contribution < 1.29 is 14.3 Å². The number of nitrogens with one attached hydrogen (secondary N) is 2. The SMILES string of the molecule is O=C1Cc2cc(OC(=O)c3cnc(NC4CC4)s3)ccc2N1. The molecule has 1 aliphatic carbocycles. The maximum Gasteiger partial charge on any atom is 0.355 e. The number of carbonyl (C=O) groups excluding carboxylic acids is 2. The molecule has 1 saturated carbocycles. The molecular formula is C15H13N3O3S. The molecule has 1 aromatic heterocycles. The standard InChI is InChI=1S/C15H13N3O3S/c19-13-6-8-5-10(3-4-11(8)18-13)21-14(20)12-7-16-15(22-12)17-9-1-2-9/h3-5,7,9H,1-2,6H2,(H,16,17)(H,18,19). The zero-order valence-electron chi connectivity index (χ0n) is 11.6. The number of fused-ring (bicyclic) bond motifs is 1. The molecular weight excluding hydrogens is 302 g/mol. The summed E-state index contributed by atoms with van der Waals surface area (Å²) in [6.07, 6.45) is 4.15. The van der Waals surface area contributed by atoms with E-state index in [1.54, 1.807) is 18.2 Å². The second-order valence-corrected chi connectivity index (χ2v) is 6.41. The van der Waals surface area contributed by atoms with Crippen LogP contribution in [0.25, 0.3) is 0 Å². The lowest BCUT2D eigenvalue weighted by atomic mass is 10.1. The van der Waals surface area contributed by atoms with Crippen LogP contribution in [0.1, 0.15) is 28.1 Å². The van der Waals surface area contributed by atoms with Crippen LogP contribution in [0.5, 0.6) is 5.75 Å². The molecule has 6 nitrogen and oxygen atoms in total. The van der Waals surface area contributed by atoms with E-state index in [9.17, 15) is 9.59 Å². The van der Waals surface area contributed by atoms with Crippen LogP contribution in [0.15, 0.2) is 24.4 Å². The van der Waals surface area contributed by atoms with E-state index in [4.69, 9.17) is 4.74 Å². The first-order valence-electron chi connectivity index (χ1n) is 7.05. The predicted octanol–water partition coefficient (Wildman–Crippen LogP) is 2.43. The van der Waals surface area contributed by atoms with Crippen molar-refractivity contribution in [3.05, 3.63) is 34.8 Å². The summed E-state index contributed by atoms with van der Waals surface area (Å²) in [6.45, 7) is 0. The minimum absolute atomic E-state index is 0.0447. The van der Waals surface area contributed by atoms with Crippen molar-refractivity contribution in [3.8, 4) is 5.75 Å². The topological polar surface area (TPSA) is 80.3 Å². The molecule has 0 bridgehead atoms. The van der Waals surface area contributed by atoms with Crippen molar-refractivity contribution >= 4 is 34.0 Å². The highest BCUT2D eigenvalue weighted by Crippen LogP contribution is 2.29. The van der Waals surface area contributed by atoms with E-state index < -0.39 is 5.97 Å². The minimum atomic E-state index is -0.432. The Morgan fingerprint density at radius 3 is 3.09 bits per heavy atom. The van der Waals surface area contributed by atoms with Gasteiger partial charge in [-0.05, 0) is 36.6 Å². The molecule has 112 valence electrons. The lowest BCUT2D eigenvalue weighted by Gasteiger charge is -2.04. The molecule has 1 aromatic carbocycles. The van der Waals surface area contributed by atoms with E-state index in [2.05, 4.69) is 15.6 Å². The number of amides is 1. The molecule has 22 heavy (non-hydrogen) atoms. The zero-order chi connectivity index (χ0) is 15.1. The van der Waals surface area contributed by atoms with E-state index in [-0.39, 0.29) is 5.91 Å². The summed E-state index contributed by atoms with van der Waals surface area (Å²) < 4.78 is 5.36. The van der Waals surface area contributed by atoms with Gasteiger partial charge in [-0.1, -0.05) is 11.3 Å². The smallest absolute Gasteiger partial charge is 0.355 e. The van der Waals surface area contributed by atoms with Gasteiger partial charge in [0.25, 0.3) is 0 Å². The second-order valence-electron chi connectivity index (χ2n) is 5.38. The lowest BCUT2D eigenvalue weighted by Crippen LogP contribution is -2.06. The molecule has 2 aromatic rings. The Kier molecular flexibility index (Phi) is 3.07. The highest BCUT2D eigenvalue weighted by molar-refractivity contribution is 7.17. The van der Waals surface area contributed by atoms with Gasteiger partial charge >= 0.3 is 5.97 Å². The lowest BCUT2D eigenvalue weighted by molar-refractivity contribution is -0.115. The highest BCUT2D eigenvalue weighted by atomic mass is 32.1. The van der Waals surface area contributed by atoms with E-state index in [0.29, 0.717) is 23.1 Å². The summed E-state index contributed by atoms with van der Waals surface area (Å²) in [5.41, 5.74) is 1.62. The number of hydrogen-bond donors (Lipinski definition) is 2. The molecule has 2 aliphatic rings. The van der Waals surface area contributed by atoms with Gasteiger partial charge in [-0.15, -0.1) is 0 Å². The highest BCUT2D eigenvalue weighted by Gasteiger charge is 2.23. The summed E-state index contributed by atoms with van der Waals surface area (Å²) in [6, 6.07) is 5.63. The van der Waals surface area contributed by atoms with Gasteiger partial charge in [0.1, 0.15) is 10.6 Å². The number of thiazole rings is 1. The summed E-state index contributed by atoms with van der Waals surface area (Å²) in [7, 11) is 0. The van der Waals surface area contributed by atoms with Crippen molar-refractivity contribution in [2.75, 3.05) is 10.6 Å². The van der Waals surface area contributed by atoms with Crippen LogP contribution >= 0.6 is 11.3 Å². The molecule has 1 fully saturated rings. The Balaban J connectivity index is 1.46. The van der Waals surface area contributed by atoms with Crippen molar-refractivity contribution in [2.45, 2.75) is 25.3 Å². The van der Waals surface area contributed by atoms with Crippen LogP contribution in [-0.2, 0) is 11.2 Å². The summed E-state index contributed by atoms with van der Waals surface area (Å²) in [5, 5.41) is 6.74. The Morgan fingerprint density at radius 1 is 1.41 bits per heavy atom. The van der Waals surface area contributed by atoms with Gasteiger partial charge in [-0.2, -0.15) is 0 Å². The predicted molar refractivity (Wildman–Crippen MR) is 82.5 cm³/mol. The third kappa shape index (κ3) is 2.67. The van der Waals surface area contributed by atoms with Crippen LogP contribution in [-0.4, -0.2) is 22.9 Å². The molecule has 2 heterocycles. The molecule has 0 unspecified atom stereocenters. The molecule has 0 atom stereocenters. The number of esters is 1. The normalized spacial score (nSPS) is 16.1. The number of carbonyl (C=O) groups is 2. The molecule has 0 radical (unpaired) electrons. The van der Waals surface area contributed by atoms with Crippen molar-refractivity contribution in [1.29, 1.82) is 0 Å². The molecule has 0 spiro atoms. The molecule has 1 amide bonds. The third-order valence-corrected chi connectivity index (χ3v) is 4.43. The number of ether oxygens (including phenoxy) is 1. The maximum atomic E-state index is 12.1. The van der Waals surface area contributed by atoms with Crippen molar-refractivity contribution in [2.24, 2.45) is 0 Å². The van der Waals surface area contributed by atoms with E-state index in [1.807, 2.05) is 0 Å². The molecule has 2 N–H and O–H groups in total. The Labute approximate surface area is 130 Å². The number of hydrogen-bond acceptors (Lipinski definition) is 6. The first-order chi connectivity index (χ1) is 10.7. The monoisotopic (exact) mass is 315 g/mol. The van der Waals surface area contributed by atoms with Gasteiger partial charge in [-0.3, -0.25) is 4.79 Å². The van der Waals surface area contributed by atoms with Gasteiger partial charge in [0, 0.05) is 11.7 Å². The van der Waals surface area contributed by atoms with E-state index in [0.717, 1.165) is 29.2 Å². The van der Waals surface area contributed by atoms with Crippen LogP contribution in [0, 0.1) is 0 Å². The number of nitrogens with zero attached hydrogens (tertiary/aromatic N) is 1. The number of benzene rings is 1. The average Bonchev–Trinajstić information content (AvgIpc) is 3.03. The van der Waals surface area contributed by atoms with Crippen LogP contribution < -0.4 is 15.4 Å².